The molecule has 0 spiro atoms. The zero-order chi connectivity index (χ0) is 15.0. The Morgan fingerprint density at radius 2 is 2.05 bits per heavy atom. The maximum absolute atomic E-state index is 12.6. The predicted molar refractivity (Wildman–Crippen MR) is 85.6 cm³/mol. The maximum atomic E-state index is 12.6. The van der Waals surface area contributed by atoms with Crippen LogP contribution in [-0.4, -0.2) is 10.8 Å². The predicted octanol–water partition coefficient (Wildman–Crippen LogP) is 4.69. The maximum Gasteiger partial charge on any atom is 0.195 e. The molecule has 0 radical (unpaired) electrons. The second-order valence-corrected chi connectivity index (χ2v) is 5.79. The fourth-order valence-corrected chi connectivity index (χ4v) is 2.60. The van der Waals surface area contributed by atoms with Gasteiger partial charge >= 0.3 is 0 Å². The number of fused-ring (bicyclic) bond motifs is 1. The van der Waals surface area contributed by atoms with Crippen LogP contribution >= 0.6 is 27.5 Å². The summed E-state index contributed by atoms with van der Waals surface area (Å²) in [6.45, 7) is 0. The highest BCUT2D eigenvalue weighted by atomic mass is 79.9. The number of hydrogen-bond donors (Lipinski definition) is 1. The number of nitrogens with one attached hydrogen (secondary N) is 1. The fourth-order valence-electron chi connectivity index (χ4n) is 2.17. The van der Waals surface area contributed by atoms with E-state index >= 15 is 0 Å². The molecule has 1 heterocycles. The van der Waals surface area contributed by atoms with Crippen LogP contribution < -0.4 is 0 Å². The zero-order valence-corrected chi connectivity index (χ0v) is 13.0. The molecular weight excluding hydrogens is 352 g/mol. The van der Waals surface area contributed by atoms with Gasteiger partial charge in [0.25, 0.3) is 0 Å². The Hall–Kier alpha value is -2.09. The number of carbonyl (C=O) groups excluding carboxylic acids is 1. The molecule has 0 aliphatic rings. The molecule has 2 aromatic carbocycles. The van der Waals surface area contributed by atoms with Gasteiger partial charge in [-0.25, -0.2) is 0 Å². The summed E-state index contributed by atoms with van der Waals surface area (Å²) < 4.78 is 0.742. The highest BCUT2D eigenvalue weighted by Crippen LogP contribution is 2.27. The summed E-state index contributed by atoms with van der Waals surface area (Å²) in [7, 11) is 0. The van der Waals surface area contributed by atoms with Crippen LogP contribution in [0.1, 0.15) is 21.5 Å². The van der Waals surface area contributed by atoms with Gasteiger partial charge in [-0.1, -0.05) is 11.6 Å². The van der Waals surface area contributed by atoms with Crippen molar-refractivity contribution in [2.45, 2.75) is 0 Å². The highest BCUT2D eigenvalue weighted by Gasteiger charge is 2.15. The summed E-state index contributed by atoms with van der Waals surface area (Å²) in [6, 6.07) is 12.4. The first-order valence-electron chi connectivity index (χ1n) is 6.11. The molecular formula is C16H8BrClN2O. The molecule has 3 nitrogen and oxygen atoms in total. The van der Waals surface area contributed by atoms with E-state index in [1.807, 2.05) is 0 Å². The number of aromatic nitrogens is 1. The Labute approximate surface area is 134 Å². The van der Waals surface area contributed by atoms with Crippen molar-refractivity contribution < 1.29 is 4.79 Å². The van der Waals surface area contributed by atoms with Gasteiger partial charge in [-0.3, -0.25) is 4.79 Å². The SMILES string of the molecule is N#Cc1ccc2[nH]cc(C(=O)c3ccc(Br)c(Cl)c3)c2c1. The zero-order valence-electron chi connectivity index (χ0n) is 10.7. The number of hydrogen-bond acceptors (Lipinski definition) is 2. The third kappa shape index (κ3) is 2.46. The van der Waals surface area contributed by atoms with Gasteiger partial charge in [0.05, 0.1) is 16.7 Å². The minimum atomic E-state index is -0.134. The number of halogens is 2. The number of nitrogens with zero attached hydrogens (tertiary/aromatic N) is 1. The summed E-state index contributed by atoms with van der Waals surface area (Å²) in [5.41, 5.74) is 2.37. The number of rotatable bonds is 2. The molecule has 102 valence electrons. The van der Waals surface area contributed by atoms with Crippen LogP contribution in [0.2, 0.25) is 5.02 Å². The molecule has 0 amide bonds. The first-order valence-corrected chi connectivity index (χ1v) is 7.28. The minimum absolute atomic E-state index is 0.134. The van der Waals surface area contributed by atoms with E-state index in [0.29, 0.717) is 21.7 Å². The van der Waals surface area contributed by atoms with Gasteiger partial charge in [0.15, 0.2) is 5.78 Å². The lowest BCUT2D eigenvalue weighted by molar-refractivity contribution is 0.104. The van der Waals surface area contributed by atoms with Crippen molar-refractivity contribution in [1.82, 2.24) is 4.98 Å². The van der Waals surface area contributed by atoms with Crippen LogP contribution in [0.4, 0.5) is 0 Å². The molecule has 0 saturated heterocycles. The quantitative estimate of drug-likeness (QED) is 0.675. The van der Waals surface area contributed by atoms with Gasteiger partial charge < -0.3 is 4.98 Å². The second-order valence-electron chi connectivity index (χ2n) is 4.53. The van der Waals surface area contributed by atoms with E-state index in [9.17, 15) is 4.79 Å². The lowest BCUT2D eigenvalue weighted by atomic mass is 10.0. The molecule has 21 heavy (non-hydrogen) atoms. The summed E-state index contributed by atoms with van der Waals surface area (Å²) in [6.07, 6.45) is 1.66. The van der Waals surface area contributed by atoms with E-state index < -0.39 is 0 Å². The smallest absolute Gasteiger partial charge is 0.195 e. The van der Waals surface area contributed by atoms with Gasteiger partial charge in [-0.2, -0.15) is 5.26 Å². The summed E-state index contributed by atoms with van der Waals surface area (Å²) >= 11 is 9.34. The van der Waals surface area contributed by atoms with Crippen LogP contribution in [0.5, 0.6) is 0 Å². The molecule has 0 saturated carbocycles. The van der Waals surface area contributed by atoms with Crippen molar-refractivity contribution in [3.05, 3.63) is 68.8 Å². The van der Waals surface area contributed by atoms with Crippen LogP contribution in [0.3, 0.4) is 0 Å². The molecule has 0 aliphatic carbocycles. The number of benzene rings is 2. The van der Waals surface area contributed by atoms with Crippen molar-refractivity contribution in [2.24, 2.45) is 0 Å². The molecule has 1 N–H and O–H groups in total. The van der Waals surface area contributed by atoms with Gasteiger partial charge in [0.2, 0.25) is 0 Å². The molecule has 3 rings (SSSR count). The Morgan fingerprint density at radius 1 is 1.24 bits per heavy atom. The van der Waals surface area contributed by atoms with Crippen LogP contribution in [-0.2, 0) is 0 Å². The summed E-state index contributed by atoms with van der Waals surface area (Å²) in [4.78, 5) is 15.7. The Bertz CT molecular complexity index is 908. The standard InChI is InChI=1S/C16H8BrClN2O/c17-13-3-2-10(6-14(13)18)16(21)12-8-20-15-4-1-9(7-19)5-11(12)15/h1-6,8,20H. The van der Waals surface area contributed by atoms with Gasteiger partial charge in [-0.05, 0) is 52.3 Å². The number of aromatic amines is 1. The molecule has 3 aromatic rings. The van der Waals surface area contributed by atoms with Gasteiger partial charge in [0.1, 0.15) is 0 Å². The number of carbonyl (C=O) groups is 1. The number of ketones is 1. The number of H-pyrrole nitrogens is 1. The van der Waals surface area contributed by atoms with Crippen LogP contribution in [0, 0.1) is 11.3 Å². The minimum Gasteiger partial charge on any atom is -0.360 e. The van der Waals surface area contributed by atoms with E-state index in [4.69, 9.17) is 16.9 Å². The third-order valence-electron chi connectivity index (χ3n) is 3.24. The molecule has 0 fully saturated rings. The van der Waals surface area contributed by atoms with Crippen LogP contribution in [0.15, 0.2) is 47.1 Å². The molecule has 0 aliphatic heterocycles. The van der Waals surface area contributed by atoms with Crippen LogP contribution in [0.25, 0.3) is 10.9 Å². The molecule has 5 heteroatoms. The van der Waals surface area contributed by atoms with Gasteiger partial charge in [0, 0.05) is 32.7 Å². The molecule has 0 unspecified atom stereocenters. The van der Waals surface area contributed by atoms with E-state index in [2.05, 4.69) is 27.0 Å². The van der Waals surface area contributed by atoms with E-state index in [1.165, 1.54) is 0 Å². The second kappa shape index (κ2) is 5.36. The van der Waals surface area contributed by atoms with Crippen molar-refractivity contribution in [3.63, 3.8) is 0 Å². The Kier molecular flexibility index (Phi) is 3.54. The van der Waals surface area contributed by atoms with Gasteiger partial charge in [-0.15, -0.1) is 0 Å². The lowest BCUT2D eigenvalue weighted by Gasteiger charge is -2.02. The molecule has 1 aromatic heterocycles. The summed E-state index contributed by atoms with van der Waals surface area (Å²) in [5.74, 6) is -0.134. The first-order chi connectivity index (χ1) is 10.1. The average molecular weight is 360 g/mol. The summed E-state index contributed by atoms with van der Waals surface area (Å²) in [5, 5.41) is 10.2. The molecule has 0 bridgehead atoms. The topological polar surface area (TPSA) is 56.6 Å². The normalized spacial score (nSPS) is 10.5. The number of nitriles is 1. The van der Waals surface area contributed by atoms with E-state index in [1.54, 1.807) is 42.6 Å². The lowest BCUT2D eigenvalue weighted by Crippen LogP contribution is -2.00. The highest BCUT2D eigenvalue weighted by molar-refractivity contribution is 9.10. The largest absolute Gasteiger partial charge is 0.360 e. The fraction of sp³-hybridized carbons (Fsp3) is 0. The third-order valence-corrected chi connectivity index (χ3v) is 4.47. The van der Waals surface area contributed by atoms with Crippen molar-refractivity contribution in [2.75, 3.05) is 0 Å². The van der Waals surface area contributed by atoms with Crippen molar-refractivity contribution in [3.8, 4) is 6.07 Å². The molecule has 0 atom stereocenters. The van der Waals surface area contributed by atoms with Crippen molar-refractivity contribution >= 4 is 44.2 Å². The first kappa shape index (κ1) is 13.9. The van der Waals surface area contributed by atoms with Crippen molar-refractivity contribution in [1.29, 1.82) is 5.26 Å². The van der Waals surface area contributed by atoms with E-state index in [-0.39, 0.29) is 5.78 Å². The Morgan fingerprint density at radius 3 is 2.76 bits per heavy atom. The monoisotopic (exact) mass is 358 g/mol. The Balaban J connectivity index is 2.13. The van der Waals surface area contributed by atoms with E-state index in [0.717, 1.165) is 15.4 Å². The average Bonchev–Trinajstić information content (AvgIpc) is 2.92.